The van der Waals surface area contributed by atoms with Crippen LogP contribution in [0.3, 0.4) is 0 Å². The molecule has 29 heavy (non-hydrogen) atoms. The number of phenols is 1. The average Bonchev–Trinajstić information content (AvgIpc) is 2.97. The molecule has 0 aromatic heterocycles. The normalized spacial score (nSPS) is 37.4. The Morgan fingerprint density at radius 1 is 1.21 bits per heavy atom. The second kappa shape index (κ2) is 8.38. The van der Waals surface area contributed by atoms with Crippen molar-refractivity contribution >= 4 is 5.97 Å². The first-order valence-electron chi connectivity index (χ1n) is 8.65. The van der Waals surface area contributed by atoms with Crippen molar-refractivity contribution < 1.29 is 59.5 Å². The van der Waals surface area contributed by atoms with Gasteiger partial charge in [-0.15, -0.1) is 0 Å². The predicted molar refractivity (Wildman–Crippen MR) is 90.1 cm³/mol. The number of hydrogen-bond acceptors (Lipinski definition) is 11. The maximum absolute atomic E-state index is 11.1. The van der Waals surface area contributed by atoms with E-state index >= 15 is 0 Å². The molecule has 12 heteroatoms. The topological polar surface area (TPSA) is 196 Å². The van der Waals surface area contributed by atoms with Gasteiger partial charge in [0.05, 0.1) is 19.8 Å². The van der Waals surface area contributed by atoms with Gasteiger partial charge in [-0.25, -0.2) is 4.79 Å². The lowest BCUT2D eigenvalue weighted by molar-refractivity contribution is -0.297. The van der Waals surface area contributed by atoms with Crippen molar-refractivity contribution in [2.45, 2.75) is 42.6 Å². The summed E-state index contributed by atoms with van der Waals surface area (Å²) in [6.45, 7) is -1.57. The highest BCUT2D eigenvalue weighted by Crippen LogP contribution is 2.31. The standard InChI is InChI=1S/C17H22O12/c18-5-17(25)6-27-16(13(17)22)29-12-11(21)10(20)4-26-15(12)28-7-1-2-9(19)8(3-7)14(23)24/h1-3,10-13,15-16,18-22,25H,4-6H2,(H,23,24). The molecule has 7 N–H and O–H groups in total. The van der Waals surface area contributed by atoms with Crippen molar-refractivity contribution in [3.05, 3.63) is 23.8 Å². The second-order valence-electron chi connectivity index (χ2n) is 6.85. The maximum Gasteiger partial charge on any atom is 0.339 e. The third-order valence-electron chi connectivity index (χ3n) is 4.75. The first-order chi connectivity index (χ1) is 13.7. The Balaban J connectivity index is 1.78. The van der Waals surface area contributed by atoms with Gasteiger partial charge < -0.3 is 54.7 Å². The van der Waals surface area contributed by atoms with E-state index in [2.05, 4.69) is 0 Å². The Kier molecular flexibility index (Phi) is 6.26. The summed E-state index contributed by atoms with van der Waals surface area (Å²) in [6, 6.07) is 3.37. The molecular formula is C17H22O12. The number of carboxylic acids is 1. The van der Waals surface area contributed by atoms with Crippen molar-refractivity contribution in [1.29, 1.82) is 0 Å². The van der Waals surface area contributed by atoms with Crippen LogP contribution in [-0.2, 0) is 14.2 Å². The highest BCUT2D eigenvalue weighted by Gasteiger charge is 2.52. The Morgan fingerprint density at radius 3 is 2.55 bits per heavy atom. The number of aromatic carboxylic acids is 1. The lowest BCUT2D eigenvalue weighted by Gasteiger charge is -2.39. The molecule has 0 aliphatic carbocycles. The number of aliphatic hydroxyl groups excluding tert-OH is 4. The van der Waals surface area contributed by atoms with Crippen molar-refractivity contribution in [3.63, 3.8) is 0 Å². The largest absolute Gasteiger partial charge is 0.507 e. The summed E-state index contributed by atoms with van der Waals surface area (Å²) in [6.07, 6.45) is -8.81. The number of rotatable bonds is 6. The van der Waals surface area contributed by atoms with E-state index in [9.17, 15) is 35.4 Å². The van der Waals surface area contributed by atoms with E-state index in [1.54, 1.807) is 0 Å². The van der Waals surface area contributed by atoms with Crippen molar-refractivity contribution in [1.82, 2.24) is 0 Å². The van der Waals surface area contributed by atoms with Crippen molar-refractivity contribution in [2.24, 2.45) is 0 Å². The van der Waals surface area contributed by atoms with Gasteiger partial charge in [0.1, 0.15) is 41.0 Å². The molecule has 0 amide bonds. The van der Waals surface area contributed by atoms with Gasteiger partial charge in [-0.3, -0.25) is 0 Å². The molecule has 0 bridgehead atoms. The third kappa shape index (κ3) is 4.29. The van der Waals surface area contributed by atoms with Gasteiger partial charge >= 0.3 is 5.97 Å². The molecule has 2 fully saturated rings. The average molecular weight is 418 g/mol. The Bertz CT molecular complexity index is 741. The van der Waals surface area contributed by atoms with Crippen LogP contribution >= 0.6 is 0 Å². The van der Waals surface area contributed by atoms with Crippen LogP contribution in [0.15, 0.2) is 18.2 Å². The minimum Gasteiger partial charge on any atom is -0.507 e. The molecule has 3 rings (SSSR count). The van der Waals surface area contributed by atoms with Crippen LogP contribution in [-0.4, -0.2) is 104 Å². The van der Waals surface area contributed by atoms with E-state index in [0.29, 0.717) is 0 Å². The second-order valence-corrected chi connectivity index (χ2v) is 6.85. The summed E-state index contributed by atoms with van der Waals surface area (Å²) in [5.74, 6) is -1.92. The molecule has 1 aromatic rings. The summed E-state index contributed by atoms with van der Waals surface area (Å²) in [5.41, 5.74) is -2.40. The lowest BCUT2D eigenvalue weighted by atomic mass is 10.0. The molecule has 162 valence electrons. The van der Waals surface area contributed by atoms with Crippen LogP contribution in [0, 0.1) is 0 Å². The fourth-order valence-corrected chi connectivity index (χ4v) is 2.97. The van der Waals surface area contributed by atoms with Crippen molar-refractivity contribution in [2.75, 3.05) is 19.8 Å². The SMILES string of the molecule is O=C(O)c1cc(OC2OCC(O)C(O)C2OC2OCC(O)(CO)C2O)ccc1O. The number of ether oxygens (including phenoxy) is 4. The number of carbonyl (C=O) groups is 1. The Labute approximate surface area is 164 Å². The zero-order chi connectivity index (χ0) is 21.3. The molecule has 2 heterocycles. The van der Waals surface area contributed by atoms with Gasteiger partial charge in [-0.05, 0) is 18.2 Å². The fourth-order valence-electron chi connectivity index (χ4n) is 2.97. The summed E-state index contributed by atoms with van der Waals surface area (Å²) < 4.78 is 21.4. The molecule has 2 aliphatic rings. The maximum atomic E-state index is 11.1. The van der Waals surface area contributed by atoms with E-state index in [0.717, 1.165) is 12.1 Å². The lowest BCUT2D eigenvalue weighted by Crippen LogP contribution is -2.58. The number of benzene rings is 1. The fraction of sp³-hybridized carbons (Fsp3) is 0.588. The van der Waals surface area contributed by atoms with E-state index in [4.69, 9.17) is 24.1 Å². The van der Waals surface area contributed by atoms with Gasteiger partial charge in [0.25, 0.3) is 0 Å². The smallest absolute Gasteiger partial charge is 0.339 e. The highest BCUT2D eigenvalue weighted by atomic mass is 16.8. The zero-order valence-corrected chi connectivity index (χ0v) is 15.0. The molecule has 7 atom stereocenters. The monoisotopic (exact) mass is 418 g/mol. The molecular weight excluding hydrogens is 396 g/mol. The van der Waals surface area contributed by atoms with E-state index in [1.807, 2.05) is 0 Å². The molecule has 12 nitrogen and oxygen atoms in total. The number of carboxylic acid groups (broad SMARTS) is 1. The summed E-state index contributed by atoms with van der Waals surface area (Å²) in [7, 11) is 0. The number of aromatic hydroxyl groups is 1. The van der Waals surface area contributed by atoms with Crippen LogP contribution < -0.4 is 4.74 Å². The van der Waals surface area contributed by atoms with Gasteiger partial charge in [-0.1, -0.05) is 0 Å². The van der Waals surface area contributed by atoms with E-state index in [-0.39, 0.29) is 12.4 Å². The minimum atomic E-state index is -1.96. The molecule has 0 spiro atoms. The van der Waals surface area contributed by atoms with E-state index < -0.39 is 73.1 Å². The van der Waals surface area contributed by atoms with Crippen LogP contribution in [0.1, 0.15) is 10.4 Å². The first-order valence-corrected chi connectivity index (χ1v) is 8.65. The Hall–Kier alpha value is -2.03. The Morgan fingerprint density at radius 2 is 1.93 bits per heavy atom. The zero-order valence-electron chi connectivity index (χ0n) is 15.0. The molecule has 0 saturated carbocycles. The van der Waals surface area contributed by atoms with Crippen LogP contribution in [0.2, 0.25) is 0 Å². The molecule has 2 aliphatic heterocycles. The number of hydrogen-bond donors (Lipinski definition) is 7. The minimum absolute atomic E-state index is 0.0397. The van der Waals surface area contributed by atoms with Crippen LogP contribution in [0.5, 0.6) is 11.5 Å². The van der Waals surface area contributed by atoms with Gasteiger partial charge in [0.2, 0.25) is 6.29 Å². The summed E-state index contributed by atoms with van der Waals surface area (Å²) in [4.78, 5) is 11.1. The summed E-state index contributed by atoms with van der Waals surface area (Å²) >= 11 is 0. The van der Waals surface area contributed by atoms with Crippen LogP contribution in [0.25, 0.3) is 0 Å². The number of aliphatic hydroxyl groups is 5. The quantitative estimate of drug-likeness (QED) is 0.254. The van der Waals surface area contributed by atoms with Crippen LogP contribution in [0.4, 0.5) is 0 Å². The van der Waals surface area contributed by atoms with Gasteiger partial charge in [0.15, 0.2) is 12.4 Å². The molecule has 1 aromatic carbocycles. The first kappa shape index (κ1) is 21.7. The van der Waals surface area contributed by atoms with Gasteiger partial charge in [-0.2, -0.15) is 0 Å². The molecule has 7 unspecified atom stereocenters. The molecule has 2 saturated heterocycles. The van der Waals surface area contributed by atoms with Crippen molar-refractivity contribution in [3.8, 4) is 11.5 Å². The highest BCUT2D eigenvalue weighted by molar-refractivity contribution is 5.91. The third-order valence-corrected chi connectivity index (χ3v) is 4.75. The summed E-state index contributed by atoms with van der Waals surface area (Å²) in [5, 5.41) is 68.2. The van der Waals surface area contributed by atoms with Gasteiger partial charge in [0, 0.05) is 0 Å². The molecule has 0 radical (unpaired) electrons. The van der Waals surface area contributed by atoms with E-state index in [1.165, 1.54) is 6.07 Å². The predicted octanol–water partition coefficient (Wildman–Crippen LogP) is -2.63.